The Hall–Kier alpha value is -1.50. The van der Waals surface area contributed by atoms with Gasteiger partial charge in [0.25, 0.3) is 5.91 Å². The first kappa shape index (κ1) is 13.6. The van der Waals surface area contributed by atoms with Crippen molar-refractivity contribution in [3.63, 3.8) is 0 Å². The predicted octanol–water partition coefficient (Wildman–Crippen LogP) is 0.0120. The molecule has 0 saturated heterocycles. The molecular formula is C11H17N3O3. The molecule has 1 amide bonds. The summed E-state index contributed by atoms with van der Waals surface area (Å²) in [5.74, 6) is 0.281. The van der Waals surface area contributed by atoms with Crippen molar-refractivity contribution in [3.05, 3.63) is 24.4 Å². The minimum Gasteiger partial charge on any atom is -0.378 e. The highest BCUT2D eigenvalue weighted by atomic mass is 16.5. The standard InChI is InChI=1S/C11H17N3O3/c12-4-6-16-7-8-17-9-11(15)14-10-3-1-2-5-13-10/h1-3,5H,4,6-9,12H2,(H,13,14,15). The highest BCUT2D eigenvalue weighted by molar-refractivity contribution is 5.90. The second kappa shape index (κ2) is 8.63. The van der Waals surface area contributed by atoms with Crippen molar-refractivity contribution >= 4 is 11.7 Å². The number of carbonyl (C=O) groups excluding carboxylic acids is 1. The van der Waals surface area contributed by atoms with Crippen LogP contribution in [0.3, 0.4) is 0 Å². The summed E-state index contributed by atoms with van der Waals surface area (Å²) in [4.78, 5) is 15.3. The number of carbonyl (C=O) groups is 1. The third-order valence-corrected chi connectivity index (χ3v) is 1.80. The smallest absolute Gasteiger partial charge is 0.251 e. The molecule has 1 aromatic heterocycles. The summed E-state index contributed by atoms with van der Waals surface area (Å²) >= 11 is 0. The fourth-order valence-electron chi connectivity index (χ4n) is 1.08. The largest absolute Gasteiger partial charge is 0.378 e. The molecule has 6 nitrogen and oxygen atoms in total. The highest BCUT2D eigenvalue weighted by Crippen LogP contribution is 1.98. The first-order valence-electron chi connectivity index (χ1n) is 5.39. The molecule has 94 valence electrons. The number of rotatable bonds is 8. The van der Waals surface area contributed by atoms with E-state index in [0.29, 0.717) is 32.2 Å². The number of ether oxygens (including phenoxy) is 2. The summed E-state index contributed by atoms with van der Waals surface area (Å²) in [7, 11) is 0. The normalized spacial score (nSPS) is 10.2. The number of hydrogen-bond acceptors (Lipinski definition) is 5. The van der Waals surface area contributed by atoms with E-state index in [1.165, 1.54) is 0 Å². The van der Waals surface area contributed by atoms with Gasteiger partial charge in [-0.3, -0.25) is 4.79 Å². The Labute approximate surface area is 100 Å². The van der Waals surface area contributed by atoms with E-state index in [4.69, 9.17) is 15.2 Å². The molecule has 0 saturated carbocycles. The molecule has 0 aliphatic rings. The number of nitrogens with one attached hydrogen (secondary N) is 1. The van der Waals surface area contributed by atoms with Gasteiger partial charge in [0.2, 0.25) is 0 Å². The average Bonchev–Trinajstić information content (AvgIpc) is 2.35. The summed E-state index contributed by atoms with van der Waals surface area (Å²) in [6, 6.07) is 5.29. The van der Waals surface area contributed by atoms with Gasteiger partial charge in [-0.2, -0.15) is 0 Å². The Morgan fingerprint density at radius 2 is 2.12 bits per heavy atom. The summed E-state index contributed by atoms with van der Waals surface area (Å²) in [6.07, 6.45) is 1.61. The molecule has 0 radical (unpaired) electrons. The number of hydrogen-bond donors (Lipinski definition) is 2. The zero-order valence-corrected chi connectivity index (χ0v) is 9.59. The molecule has 17 heavy (non-hydrogen) atoms. The first-order chi connectivity index (χ1) is 8.33. The molecule has 1 heterocycles. The molecule has 6 heteroatoms. The van der Waals surface area contributed by atoms with Gasteiger partial charge in [0, 0.05) is 12.7 Å². The Morgan fingerprint density at radius 1 is 1.29 bits per heavy atom. The SMILES string of the molecule is NCCOCCOCC(=O)Nc1ccccn1. The van der Waals surface area contributed by atoms with E-state index in [2.05, 4.69) is 10.3 Å². The van der Waals surface area contributed by atoms with Crippen LogP contribution >= 0.6 is 0 Å². The van der Waals surface area contributed by atoms with Gasteiger partial charge in [0.15, 0.2) is 0 Å². The van der Waals surface area contributed by atoms with Gasteiger partial charge in [-0.15, -0.1) is 0 Å². The molecule has 0 bridgehead atoms. The van der Waals surface area contributed by atoms with Crippen molar-refractivity contribution < 1.29 is 14.3 Å². The molecule has 0 atom stereocenters. The fraction of sp³-hybridized carbons (Fsp3) is 0.455. The highest BCUT2D eigenvalue weighted by Gasteiger charge is 2.02. The van der Waals surface area contributed by atoms with Crippen molar-refractivity contribution in [2.75, 3.05) is 38.3 Å². The first-order valence-corrected chi connectivity index (χ1v) is 5.39. The van der Waals surface area contributed by atoms with Crippen LogP contribution in [0.4, 0.5) is 5.82 Å². The van der Waals surface area contributed by atoms with E-state index in [1.807, 2.05) is 0 Å². The summed E-state index contributed by atoms with van der Waals surface area (Å²) < 4.78 is 10.2. The van der Waals surface area contributed by atoms with E-state index < -0.39 is 0 Å². The van der Waals surface area contributed by atoms with Crippen LogP contribution in [0.25, 0.3) is 0 Å². The maximum Gasteiger partial charge on any atom is 0.251 e. The minimum absolute atomic E-state index is 0.0113. The summed E-state index contributed by atoms with van der Waals surface area (Å²) in [6.45, 7) is 1.79. The lowest BCUT2D eigenvalue weighted by molar-refractivity contribution is -0.121. The number of amides is 1. The molecule has 0 aromatic carbocycles. The molecule has 0 fully saturated rings. The number of nitrogens with two attached hydrogens (primary N) is 1. The van der Waals surface area contributed by atoms with Crippen LogP contribution in [0, 0.1) is 0 Å². The Balaban J connectivity index is 2.06. The quantitative estimate of drug-likeness (QED) is 0.624. The van der Waals surface area contributed by atoms with Gasteiger partial charge in [-0.05, 0) is 12.1 Å². The Bertz CT molecular complexity index is 319. The average molecular weight is 239 g/mol. The van der Waals surface area contributed by atoms with Crippen LogP contribution in [0.1, 0.15) is 0 Å². The third kappa shape index (κ3) is 6.62. The van der Waals surface area contributed by atoms with Crippen molar-refractivity contribution in [1.29, 1.82) is 0 Å². The topological polar surface area (TPSA) is 86.5 Å². The molecule has 0 unspecified atom stereocenters. The lowest BCUT2D eigenvalue weighted by atomic mass is 10.4. The molecular weight excluding hydrogens is 222 g/mol. The number of nitrogens with zero attached hydrogens (tertiary/aromatic N) is 1. The summed E-state index contributed by atoms with van der Waals surface area (Å²) in [5, 5.41) is 2.61. The van der Waals surface area contributed by atoms with Gasteiger partial charge < -0.3 is 20.5 Å². The molecule has 1 rings (SSSR count). The van der Waals surface area contributed by atoms with E-state index in [-0.39, 0.29) is 12.5 Å². The van der Waals surface area contributed by atoms with Crippen LogP contribution in [-0.4, -0.2) is 43.9 Å². The van der Waals surface area contributed by atoms with E-state index in [0.717, 1.165) is 0 Å². The van der Waals surface area contributed by atoms with Crippen LogP contribution < -0.4 is 11.1 Å². The van der Waals surface area contributed by atoms with Gasteiger partial charge in [0.1, 0.15) is 12.4 Å². The lowest BCUT2D eigenvalue weighted by Gasteiger charge is -2.05. The zero-order chi connectivity index (χ0) is 12.3. The van der Waals surface area contributed by atoms with Crippen molar-refractivity contribution in [2.24, 2.45) is 5.73 Å². The van der Waals surface area contributed by atoms with Crippen LogP contribution in [0.5, 0.6) is 0 Å². The van der Waals surface area contributed by atoms with E-state index >= 15 is 0 Å². The molecule has 3 N–H and O–H groups in total. The van der Waals surface area contributed by atoms with Crippen molar-refractivity contribution in [3.8, 4) is 0 Å². The Kier molecular flexibility index (Phi) is 6.89. The maximum absolute atomic E-state index is 11.4. The molecule has 1 aromatic rings. The second-order valence-electron chi connectivity index (χ2n) is 3.22. The van der Waals surface area contributed by atoms with E-state index in [1.54, 1.807) is 24.4 Å². The lowest BCUT2D eigenvalue weighted by Crippen LogP contribution is -2.20. The molecule has 0 aliphatic carbocycles. The fourth-order valence-corrected chi connectivity index (χ4v) is 1.08. The second-order valence-corrected chi connectivity index (χ2v) is 3.22. The van der Waals surface area contributed by atoms with Gasteiger partial charge >= 0.3 is 0 Å². The van der Waals surface area contributed by atoms with Crippen molar-refractivity contribution in [2.45, 2.75) is 0 Å². The van der Waals surface area contributed by atoms with Crippen molar-refractivity contribution in [1.82, 2.24) is 4.98 Å². The van der Waals surface area contributed by atoms with Gasteiger partial charge in [-0.1, -0.05) is 6.07 Å². The van der Waals surface area contributed by atoms with Crippen LogP contribution in [-0.2, 0) is 14.3 Å². The zero-order valence-electron chi connectivity index (χ0n) is 9.59. The number of anilines is 1. The number of pyridine rings is 1. The van der Waals surface area contributed by atoms with Gasteiger partial charge in [0.05, 0.1) is 19.8 Å². The minimum atomic E-state index is -0.234. The summed E-state index contributed by atoms with van der Waals surface area (Å²) in [5.41, 5.74) is 5.24. The van der Waals surface area contributed by atoms with Crippen LogP contribution in [0.15, 0.2) is 24.4 Å². The maximum atomic E-state index is 11.4. The molecule has 0 aliphatic heterocycles. The van der Waals surface area contributed by atoms with Gasteiger partial charge in [-0.25, -0.2) is 4.98 Å². The predicted molar refractivity (Wildman–Crippen MR) is 63.6 cm³/mol. The van der Waals surface area contributed by atoms with E-state index in [9.17, 15) is 4.79 Å². The Morgan fingerprint density at radius 3 is 2.82 bits per heavy atom. The van der Waals surface area contributed by atoms with Crippen LogP contribution in [0.2, 0.25) is 0 Å². The monoisotopic (exact) mass is 239 g/mol. The number of aromatic nitrogens is 1. The third-order valence-electron chi connectivity index (χ3n) is 1.80. The molecule has 0 spiro atoms.